The Kier molecular flexibility index (Phi) is 4.71. The van der Waals surface area contributed by atoms with Crippen LogP contribution in [0, 0.1) is 5.92 Å². The number of thioether (sulfide) groups is 1. The first kappa shape index (κ1) is 14.7. The van der Waals surface area contributed by atoms with Gasteiger partial charge in [-0.1, -0.05) is 48.5 Å². The van der Waals surface area contributed by atoms with E-state index in [1.807, 2.05) is 11.8 Å². The van der Waals surface area contributed by atoms with Crippen molar-refractivity contribution in [1.29, 1.82) is 0 Å². The molecule has 112 valence electrons. The van der Waals surface area contributed by atoms with Crippen molar-refractivity contribution in [2.45, 2.75) is 25.2 Å². The van der Waals surface area contributed by atoms with Gasteiger partial charge in [-0.15, -0.1) is 0 Å². The average molecular weight is 300 g/mol. The van der Waals surface area contributed by atoms with Crippen LogP contribution in [0.4, 0.5) is 5.69 Å². The number of allylic oxidation sites excluding steroid dienone is 3. The molecule has 2 aliphatic rings. The second kappa shape index (κ2) is 6.71. The summed E-state index contributed by atoms with van der Waals surface area (Å²) in [5, 5.41) is 3.43. The molecule has 0 bridgehead atoms. The third-order valence-electron chi connectivity index (χ3n) is 4.17. The summed E-state index contributed by atoms with van der Waals surface area (Å²) < 4.78 is 0. The SMILES string of the molecule is CC1=C(Sc2ccccc2N2CCNCC2)C=CC(C)C1. The molecule has 1 saturated heterocycles. The third kappa shape index (κ3) is 3.53. The Bertz CT molecular complexity index is 556. The van der Waals surface area contributed by atoms with Crippen molar-refractivity contribution in [3.8, 4) is 0 Å². The predicted molar refractivity (Wildman–Crippen MR) is 93.0 cm³/mol. The zero-order valence-corrected chi connectivity index (χ0v) is 13.7. The van der Waals surface area contributed by atoms with Gasteiger partial charge in [-0.05, 0) is 31.4 Å². The van der Waals surface area contributed by atoms with Gasteiger partial charge < -0.3 is 10.2 Å². The number of piperazine rings is 1. The minimum Gasteiger partial charge on any atom is -0.368 e. The van der Waals surface area contributed by atoms with Gasteiger partial charge in [0, 0.05) is 36.0 Å². The molecular weight excluding hydrogens is 276 g/mol. The molecule has 1 N–H and O–H groups in total. The summed E-state index contributed by atoms with van der Waals surface area (Å²) in [6.07, 6.45) is 5.83. The van der Waals surface area contributed by atoms with E-state index in [1.54, 1.807) is 0 Å². The number of anilines is 1. The van der Waals surface area contributed by atoms with Gasteiger partial charge in [0.15, 0.2) is 0 Å². The molecule has 0 aromatic heterocycles. The van der Waals surface area contributed by atoms with Gasteiger partial charge in [-0.2, -0.15) is 0 Å². The highest BCUT2D eigenvalue weighted by atomic mass is 32.2. The van der Waals surface area contributed by atoms with Crippen LogP contribution in [0.5, 0.6) is 0 Å². The summed E-state index contributed by atoms with van der Waals surface area (Å²) in [5.74, 6) is 0.678. The number of rotatable bonds is 3. The lowest BCUT2D eigenvalue weighted by Gasteiger charge is -2.31. The highest BCUT2D eigenvalue weighted by Crippen LogP contribution is 2.39. The lowest BCUT2D eigenvalue weighted by Crippen LogP contribution is -2.43. The van der Waals surface area contributed by atoms with E-state index in [4.69, 9.17) is 0 Å². The molecule has 1 unspecified atom stereocenters. The highest BCUT2D eigenvalue weighted by molar-refractivity contribution is 8.03. The van der Waals surface area contributed by atoms with Crippen LogP contribution in [-0.2, 0) is 0 Å². The Hall–Kier alpha value is -1.19. The predicted octanol–water partition coefficient (Wildman–Crippen LogP) is 4.06. The van der Waals surface area contributed by atoms with Gasteiger partial charge in [0.05, 0.1) is 5.69 Å². The third-order valence-corrected chi connectivity index (χ3v) is 5.44. The fourth-order valence-corrected chi connectivity index (χ4v) is 4.08. The Morgan fingerprint density at radius 2 is 1.95 bits per heavy atom. The molecule has 0 spiro atoms. The number of para-hydroxylation sites is 1. The molecule has 3 heteroatoms. The van der Waals surface area contributed by atoms with Gasteiger partial charge >= 0.3 is 0 Å². The molecule has 1 aromatic carbocycles. The monoisotopic (exact) mass is 300 g/mol. The van der Waals surface area contributed by atoms with E-state index in [9.17, 15) is 0 Å². The molecule has 2 nitrogen and oxygen atoms in total. The van der Waals surface area contributed by atoms with Crippen molar-refractivity contribution in [2.75, 3.05) is 31.1 Å². The van der Waals surface area contributed by atoms with Crippen molar-refractivity contribution in [1.82, 2.24) is 5.32 Å². The molecular formula is C18H24N2S. The van der Waals surface area contributed by atoms with Gasteiger partial charge in [0.1, 0.15) is 0 Å². The molecule has 1 aliphatic carbocycles. The van der Waals surface area contributed by atoms with Crippen molar-refractivity contribution in [3.05, 3.63) is 46.9 Å². The zero-order chi connectivity index (χ0) is 14.7. The quantitative estimate of drug-likeness (QED) is 0.906. The van der Waals surface area contributed by atoms with E-state index in [1.165, 1.54) is 27.5 Å². The molecule has 1 atom stereocenters. The summed E-state index contributed by atoms with van der Waals surface area (Å²) in [7, 11) is 0. The summed E-state index contributed by atoms with van der Waals surface area (Å²) in [6.45, 7) is 8.92. The fraction of sp³-hybridized carbons (Fsp3) is 0.444. The van der Waals surface area contributed by atoms with Crippen LogP contribution in [0.1, 0.15) is 20.3 Å². The van der Waals surface area contributed by atoms with Crippen LogP contribution in [-0.4, -0.2) is 26.2 Å². The normalized spacial score (nSPS) is 22.8. The first-order chi connectivity index (χ1) is 10.2. The van der Waals surface area contributed by atoms with E-state index in [2.05, 4.69) is 60.5 Å². The van der Waals surface area contributed by atoms with Crippen LogP contribution in [0.3, 0.4) is 0 Å². The summed E-state index contributed by atoms with van der Waals surface area (Å²) in [5.41, 5.74) is 2.90. The van der Waals surface area contributed by atoms with Crippen LogP contribution < -0.4 is 10.2 Å². The second-order valence-electron chi connectivity index (χ2n) is 5.99. The second-order valence-corrected chi connectivity index (χ2v) is 7.08. The molecule has 1 fully saturated rings. The zero-order valence-electron chi connectivity index (χ0n) is 12.9. The van der Waals surface area contributed by atoms with Crippen molar-refractivity contribution in [3.63, 3.8) is 0 Å². The van der Waals surface area contributed by atoms with Gasteiger partial charge in [0.25, 0.3) is 0 Å². The lowest BCUT2D eigenvalue weighted by atomic mass is 9.97. The van der Waals surface area contributed by atoms with Crippen LogP contribution in [0.25, 0.3) is 0 Å². The number of hydrogen-bond acceptors (Lipinski definition) is 3. The van der Waals surface area contributed by atoms with E-state index < -0.39 is 0 Å². The summed E-state index contributed by atoms with van der Waals surface area (Å²) >= 11 is 1.93. The average Bonchev–Trinajstić information content (AvgIpc) is 2.51. The Labute approximate surface area is 132 Å². The smallest absolute Gasteiger partial charge is 0.0508 e. The van der Waals surface area contributed by atoms with Crippen LogP contribution in [0.15, 0.2) is 51.8 Å². The lowest BCUT2D eigenvalue weighted by molar-refractivity contribution is 0.587. The van der Waals surface area contributed by atoms with Crippen molar-refractivity contribution in [2.24, 2.45) is 5.92 Å². The Morgan fingerprint density at radius 1 is 1.19 bits per heavy atom. The Morgan fingerprint density at radius 3 is 2.71 bits per heavy atom. The maximum atomic E-state index is 3.43. The maximum absolute atomic E-state index is 3.43. The molecule has 1 aliphatic heterocycles. The standard InChI is InChI=1S/C18H24N2S/c1-14-7-8-17(15(2)13-14)21-18-6-4-3-5-16(18)20-11-9-19-10-12-20/h3-8,14,19H,9-13H2,1-2H3. The largest absolute Gasteiger partial charge is 0.368 e. The number of benzene rings is 1. The summed E-state index contributed by atoms with van der Waals surface area (Å²) in [6, 6.07) is 8.83. The minimum atomic E-state index is 0.678. The number of nitrogens with one attached hydrogen (secondary N) is 1. The van der Waals surface area contributed by atoms with Crippen molar-refractivity contribution >= 4 is 17.4 Å². The first-order valence-corrected chi connectivity index (χ1v) is 8.66. The topological polar surface area (TPSA) is 15.3 Å². The first-order valence-electron chi connectivity index (χ1n) is 7.84. The molecule has 1 aromatic rings. The molecule has 0 amide bonds. The van der Waals surface area contributed by atoms with E-state index >= 15 is 0 Å². The number of nitrogens with zero attached hydrogens (tertiary/aromatic N) is 1. The molecule has 1 heterocycles. The molecule has 0 radical (unpaired) electrons. The van der Waals surface area contributed by atoms with Gasteiger partial charge in [0.2, 0.25) is 0 Å². The highest BCUT2D eigenvalue weighted by Gasteiger charge is 2.16. The molecule has 3 rings (SSSR count). The van der Waals surface area contributed by atoms with E-state index in [-0.39, 0.29) is 0 Å². The Balaban J connectivity index is 1.82. The van der Waals surface area contributed by atoms with E-state index in [0.717, 1.165) is 26.2 Å². The van der Waals surface area contributed by atoms with Gasteiger partial charge in [-0.3, -0.25) is 0 Å². The molecule has 0 saturated carbocycles. The van der Waals surface area contributed by atoms with Gasteiger partial charge in [-0.25, -0.2) is 0 Å². The number of hydrogen-bond donors (Lipinski definition) is 1. The minimum absolute atomic E-state index is 0.678. The van der Waals surface area contributed by atoms with Crippen LogP contribution >= 0.6 is 11.8 Å². The van der Waals surface area contributed by atoms with Crippen molar-refractivity contribution < 1.29 is 0 Å². The van der Waals surface area contributed by atoms with Crippen LogP contribution in [0.2, 0.25) is 0 Å². The fourth-order valence-electron chi connectivity index (χ4n) is 3.00. The van der Waals surface area contributed by atoms with E-state index in [0.29, 0.717) is 5.92 Å². The molecule has 21 heavy (non-hydrogen) atoms. The maximum Gasteiger partial charge on any atom is 0.0508 e. The summed E-state index contributed by atoms with van der Waals surface area (Å²) in [4.78, 5) is 5.31.